The SMILES string of the molecule is CC1CC(C)CN(C(=O)NCCOc2cccc(F)c2)C1. The van der Waals surface area contributed by atoms with Crippen LogP contribution in [0.5, 0.6) is 5.75 Å². The highest BCUT2D eigenvalue weighted by Crippen LogP contribution is 2.20. The minimum absolute atomic E-state index is 0.0451. The average molecular weight is 294 g/mol. The Hall–Kier alpha value is -1.78. The number of likely N-dealkylation sites (tertiary alicyclic amines) is 1. The molecule has 1 aliphatic heterocycles. The van der Waals surface area contributed by atoms with Gasteiger partial charge in [-0.25, -0.2) is 9.18 Å². The molecule has 116 valence electrons. The Morgan fingerprint density at radius 2 is 2.10 bits per heavy atom. The summed E-state index contributed by atoms with van der Waals surface area (Å²) < 4.78 is 18.4. The fourth-order valence-electron chi connectivity index (χ4n) is 2.82. The smallest absolute Gasteiger partial charge is 0.317 e. The fourth-order valence-corrected chi connectivity index (χ4v) is 2.82. The number of carbonyl (C=O) groups excluding carboxylic acids is 1. The lowest BCUT2D eigenvalue weighted by atomic mass is 9.92. The number of urea groups is 1. The lowest BCUT2D eigenvalue weighted by Crippen LogP contribution is -2.48. The summed E-state index contributed by atoms with van der Waals surface area (Å²) in [6.07, 6.45) is 1.17. The topological polar surface area (TPSA) is 41.6 Å². The lowest BCUT2D eigenvalue weighted by molar-refractivity contribution is 0.145. The van der Waals surface area contributed by atoms with E-state index in [9.17, 15) is 9.18 Å². The molecule has 1 heterocycles. The third-order valence-corrected chi connectivity index (χ3v) is 3.60. The van der Waals surface area contributed by atoms with Gasteiger partial charge in [-0.1, -0.05) is 19.9 Å². The van der Waals surface area contributed by atoms with Crippen molar-refractivity contribution in [2.24, 2.45) is 11.8 Å². The van der Waals surface area contributed by atoms with Gasteiger partial charge in [0.05, 0.1) is 6.54 Å². The molecule has 0 aromatic heterocycles. The zero-order valence-corrected chi connectivity index (χ0v) is 12.6. The van der Waals surface area contributed by atoms with Crippen molar-refractivity contribution in [1.82, 2.24) is 10.2 Å². The van der Waals surface area contributed by atoms with E-state index in [1.54, 1.807) is 12.1 Å². The molecule has 0 aliphatic carbocycles. The lowest BCUT2D eigenvalue weighted by Gasteiger charge is -2.34. The molecule has 0 saturated carbocycles. The first-order valence-corrected chi connectivity index (χ1v) is 7.45. The molecule has 1 fully saturated rings. The van der Waals surface area contributed by atoms with Gasteiger partial charge in [0.15, 0.2) is 0 Å². The highest BCUT2D eigenvalue weighted by molar-refractivity contribution is 5.74. The van der Waals surface area contributed by atoms with Gasteiger partial charge in [-0.3, -0.25) is 0 Å². The number of piperidine rings is 1. The Morgan fingerprint density at radius 3 is 2.76 bits per heavy atom. The van der Waals surface area contributed by atoms with Crippen LogP contribution < -0.4 is 10.1 Å². The van der Waals surface area contributed by atoms with Crippen molar-refractivity contribution in [3.63, 3.8) is 0 Å². The van der Waals surface area contributed by atoms with Gasteiger partial charge < -0.3 is 15.0 Å². The number of benzene rings is 1. The van der Waals surface area contributed by atoms with Crippen LogP contribution in [0.25, 0.3) is 0 Å². The number of nitrogens with one attached hydrogen (secondary N) is 1. The molecule has 1 aromatic rings. The first kappa shape index (κ1) is 15.6. The molecular weight excluding hydrogens is 271 g/mol. The van der Waals surface area contributed by atoms with Crippen LogP contribution >= 0.6 is 0 Å². The zero-order chi connectivity index (χ0) is 15.2. The number of ether oxygens (including phenoxy) is 1. The van der Waals surface area contributed by atoms with E-state index in [-0.39, 0.29) is 11.8 Å². The molecule has 1 saturated heterocycles. The van der Waals surface area contributed by atoms with E-state index in [4.69, 9.17) is 4.74 Å². The standard InChI is InChI=1S/C16H23FN2O2/c1-12-8-13(2)11-19(10-12)16(20)18-6-7-21-15-5-3-4-14(17)9-15/h3-5,9,12-13H,6-8,10-11H2,1-2H3,(H,18,20). The van der Waals surface area contributed by atoms with E-state index < -0.39 is 0 Å². The van der Waals surface area contributed by atoms with Gasteiger partial charge in [-0.2, -0.15) is 0 Å². The minimum atomic E-state index is -0.326. The fraction of sp³-hybridized carbons (Fsp3) is 0.562. The monoisotopic (exact) mass is 294 g/mol. The number of amides is 2. The largest absolute Gasteiger partial charge is 0.492 e. The van der Waals surface area contributed by atoms with E-state index in [0.29, 0.717) is 30.7 Å². The normalized spacial score (nSPS) is 22.0. The molecule has 2 amide bonds. The second-order valence-electron chi connectivity index (χ2n) is 5.89. The third kappa shape index (κ3) is 4.92. The Morgan fingerprint density at radius 1 is 1.38 bits per heavy atom. The highest BCUT2D eigenvalue weighted by atomic mass is 19.1. The predicted octanol–water partition coefficient (Wildman–Crippen LogP) is 2.89. The van der Waals surface area contributed by atoms with E-state index in [2.05, 4.69) is 19.2 Å². The van der Waals surface area contributed by atoms with Crippen LogP contribution in [0.3, 0.4) is 0 Å². The van der Waals surface area contributed by atoms with E-state index in [1.165, 1.54) is 18.6 Å². The summed E-state index contributed by atoms with van der Waals surface area (Å²) in [6, 6.07) is 5.94. The molecule has 5 heteroatoms. The average Bonchev–Trinajstić information content (AvgIpc) is 2.42. The molecule has 4 nitrogen and oxygen atoms in total. The van der Waals surface area contributed by atoms with Crippen LogP contribution in [-0.4, -0.2) is 37.2 Å². The maximum atomic E-state index is 13.0. The van der Waals surface area contributed by atoms with Crippen LogP contribution in [0.1, 0.15) is 20.3 Å². The number of hydrogen-bond donors (Lipinski definition) is 1. The third-order valence-electron chi connectivity index (χ3n) is 3.60. The highest BCUT2D eigenvalue weighted by Gasteiger charge is 2.24. The molecule has 1 aromatic carbocycles. The number of nitrogens with zero attached hydrogens (tertiary/aromatic N) is 1. The van der Waals surface area contributed by atoms with Gasteiger partial charge in [0.1, 0.15) is 18.2 Å². The Labute approximate surface area is 125 Å². The molecule has 0 spiro atoms. The first-order valence-electron chi connectivity index (χ1n) is 7.45. The number of carbonyl (C=O) groups is 1. The van der Waals surface area contributed by atoms with Crippen molar-refractivity contribution in [3.05, 3.63) is 30.1 Å². The molecule has 0 bridgehead atoms. The summed E-state index contributed by atoms with van der Waals surface area (Å²) >= 11 is 0. The maximum absolute atomic E-state index is 13.0. The summed E-state index contributed by atoms with van der Waals surface area (Å²) in [5.74, 6) is 1.24. The van der Waals surface area contributed by atoms with Gasteiger partial charge in [0.25, 0.3) is 0 Å². The molecule has 1 aliphatic rings. The first-order chi connectivity index (χ1) is 10.0. The van der Waals surface area contributed by atoms with Gasteiger partial charge in [0, 0.05) is 19.2 Å². The van der Waals surface area contributed by atoms with Gasteiger partial charge in [-0.05, 0) is 30.4 Å². The van der Waals surface area contributed by atoms with Gasteiger partial charge in [-0.15, -0.1) is 0 Å². The summed E-state index contributed by atoms with van der Waals surface area (Å²) in [5, 5.41) is 2.85. The summed E-state index contributed by atoms with van der Waals surface area (Å²) in [4.78, 5) is 13.9. The van der Waals surface area contributed by atoms with E-state index in [0.717, 1.165) is 13.1 Å². The Bertz CT molecular complexity index is 471. The van der Waals surface area contributed by atoms with Crippen molar-refractivity contribution in [2.75, 3.05) is 26.2 Å². The summed E-state index contributed by atoms with van der Waals surface area (Å²) in [6.45, 7) is 6.69. The summed E-state index contributed by atoms with van der Waals surface area (Å²) in [7, 11) is 0. The Balaban J connectivity index is 1.69. The molecule has 2 rings (SSSR count). The molecule has 2 atom stereocenters. The second kappa shape index (κ2) is 7.29. The Kier molecular flexibility index (Phi) is 5.42. The van der Waals surface area contributed by atoms with Gasteiger partial charge in [0.2, 0.25) is 0 Å². The van der Waals surface area contributed by atoms with Crippen molar-refractivity contribution in [3.8, 4) is 5.75 Å². The number of hydrogen-bond acceptors (Lipinski definition) is 2. The van der Waals surface area contributed by atoms with E-state index in [1.807, 2.05) is 4.90 Å². The molecular formula is C16H23FN2O2. The van der Waals surface area contributed by atoms with Crippen LogP contribution in [0.4, 0.5) is 9.18 Å². The van der Waals surface area contributed by atoms with Crippen molar-refractivity contribution in [2.45, 2.75) is 20.3 Å². The van der Waals surface area contributed by atoms with Gasteiger partial charge >= 0.3 is 6.03 Å². The van der Waals surface area contributed by atoms with Crippen LogP contribution in [-0.2, 0) is 0 Å². The summed E-state index contributed by atoms with van der Waals surface area (Å²) in [5.41, 5.74) is 0. The molecule has 2 unspecified atom stereocenters. The van der Waals surface area contributed by atoms with Crippen molar-refractivity contribution in [1.29, 1.82) is 0 Å². The number of rotatable bonds is 4. The van der Waals surface area contributed by atoms with Crippen LogP contribution in [0.2, 0.25) is 0 Å². The van der Waals surface area contributed by atoms with Crippen molar-refractivity contribution < 1.29 is 13.9 Å². The van der Waals surface area contributed by atoms with E-state index >= 15 is 0 Å². The molecule has 0 radical (unpaired) electrons. The number of halogens is 1. The predicted molar refractivity (Wildman–Crippen MR) is 79.8 cm³/mol. The van der Waals surface area contributed by atoms with Crippen LogP contribution in [0, 0.1) is 17.7 Å². The second-order valence-corrected chi connectivity index (χ2v) is 5.89. The molecule has 21 heavy (non-hydrogen) atoms. The maximum Gasteiger partial charge on any atom is 0.317 e. The van der Waals surface area contributed by atoms with Crippen molar-refractivity contribution >= 4 is 6.03 Å². The minimum Gasteiger partial charge on any atom is -0.492 e. The molecule has 1 N–H and O–H groups in total. The quantitative estimate of drug-likeness (QED) is 0.868. The van der Waals surface area contributed by atoms with Crippen LogP contribution in [0.15, 0.2) is 24.3 Å². The zero-order valence-electron chi connectivity index (χ0n) is 12.6.